The number of carbonyl (C=O) groups excluding carboxylic acids is 2. The molecule has 0 fully saturated rings. The maximum atomic E-state index is 14.7. The van der Waals surface area contributed by atoms with Gasteiger partial charge in [0, 0.05) is 0 Å². The van der Waals surface area contributed by atoms with E-state index < -0.39 is 66.5 Å². The van der Waals surface area contributed by atoms with Crippen LogP contribution in [0.3, 0.4) is 0 Å². The summed E-state index contributed by atoms with van der Waals surface area (Å²) in [7, 11) is -5.13. The summed E-state index contributed by atoms with van der Waals surface area (Å²) in [4.78, 5) is 25.8. The van der Waals surface area contributed by atoms with Crippen LogP contribution in [0, 0.1) is 29.1 Å². The smallest absolute Gasteiger partial charge is 0.392 e. The highest BCUT2D eigenvalue weighted by Crippen LogP contribution is 2.44. The van der Waals surface area contributed by atoms with Gasteiger partial charge < -0.3 is 14.0 Å². The number of esters is 2. The second kappa shape index (κ2) is 14.9. The quantitative estimate of drug-likeness (QED) is 0.0819. The molecule has 0 aliphatic heterocycles. The molecule has 0 aliphatic carbocycles. The second-order valence-corrected chi connectivity index (χ2v) is 10.6. The zero-order valence-corrected chi connectivity index (χ0v) is 23.4. The van der Waals surface area contributed by atoms with E-state index in [4.69, 9.17) is 14.0 Å². The SMILES string of the molecule is CCOC(=O)[C@H](Cc1ccccc1)NP(=O)(N[C@@H](Cc1ccccc1)C(=O)OCC)Oc1c(F)c(F)c(F)c(F)c1F. The first-order valence-electron chi connectivity index (χ1n) is 12.8. The van der Waals surface area contributed by atoms with Crippen LogP contribution in [0.15, 0.2) is 60.7 Å². The van der Waals surface area contributed by atoms with E-state index in [0.717, 1.165) is 0 Å². The molecule has 0 saturated carbocycles. The van der Waals surface area contributed by atoms with Crippen LogP contribution in [0.1, 0.15) is 25.0 Å². The molecule has 42 heavy (non-hydrogen) atoms. The van der Waals surface area contributed by atoms with Crippen LogP contribution in [0.5, 0.6) is 5.75 Å². The van der Waals surface area contributed by atoms with Crippen LogP contribution in [0.4, 0.5) is 22.0 Å². The highest BCUT2D eigenvalue weighted by atomic mass is 31.2. The molecule has 0 bridgehead atoms. The molecule has 2 atom stereocenters. The van der Waals surface area contributed by atoms with E-state index in [1.54, 1.807) is 60.7 Å². The Bertz CT molecular complexity index is 1330. The Labute approximate surface area is 238 Å². The number of rotatable bonds is 14. The number of hydrogen-bond acceptors (Lipinski definition) is 6. The average Bonchev–Trinajstić information content (AvgIpc) is 2.98. The van der Waals surface area contributed by atoms with E-state index in [1.807, 2.05) is 0 Å². The zero-order valence-electron chi connectivity index (χ0n) is 22.5. The van der Waals surface area contributed by atoms with Crippen LogP contribution in [0.2, 0.25) is 0 Å². The first-order valence-corrected chi connectivity index (χ1v) is 14.4. The number of nitrogens with one attached hydrogen (secondary N) is 2. The topological polar surface area (TPSA) is 103 Å². The molecule has 0 aliphatic rings. The molecule has 0 saturated heterocycles. The van der Waals surface area contributed by atoms with Gasteiger partial charge in [0.05, 0.1) is 13.2 Å². The molecule has 0 spiro atoms. The Balaban J connectivity index is 2.11. The summed E-state index contributed by atoms with van der Waals surface area (Å²) in [6.07, 6.45) is -0.400. The van der Waals surface area contributed by atoms with Gasteiger partial charge >= 0.3 is 19.6 Å². The van der Waals surface area contributed by atoms with Crippen molar-refractivity contribution in [3.8, 4) is 5.75 Å². The number of hydrogen-bond donors (Lipinski definition) is 2. The van der Waals surface area contributed by atoms with Crippen molar-refractivity contribution in [1.29, 1.82) is 0 Å². The van der Waals surface area contributed by atoms with Crippen LogP contribution < -0.4 is 14.7 Å². The van der Waals surface area contributed by atoms with Gasteiger partial charge in [0.25, 0.3) is 0 Å². The van der Waals surface area contributed by atoms with Gasteiger partial charge in [-0.05, 0) is 37.8 Å². The van der Waals surface area contributed by atoms with E-state index in [1.165, 1.54) is 13.8 Å². The highest BCUT2D eigenvalue weighted by molar-refractivity contribution is 7.55. The first kappa shape index (κ1) is 32.7. The van der Waals surface area contributed by atoms with E-state index in [2.05, 4.69) is 10.2 Å². The molecule has 0 radical (unpaired) electrons. The predicted octanol–water partition coefficient (Wildman–Crippen LogP) is 5.40. The van der Waals surface area contributed by atoms with Gasteiger partial charge in [0.2, 0.25) is 34.8 Å². The van der Waals surface area contributed by atoms with E-state index in [0.29, 0.717) is 11.1 Å². The molecule has 14 heteroatoms. The summed E-state index contributed by atoms with van der Waals surface area (Å²) in [5.41, 5.74) is 1.05. The third kappa shape index (κ3) is 8.37. The van der Waals surface area contributed by atoms with Crippen LogP contribution in [-0.4, -0.2) is 37.2 Å². The lowest BCUT2D eigenvalue weighted by Gasteiger charge is -2.29. The fourth-order valence-corrected chi connectivity index (χ4v) is 5.65. The van der Waals surface area contributed by atoms with Crippen LogP contribution in [0.25, 0.3) is 0 Å². The maximum absolute atomic E-state index is 14.7. The Kier molecular flexibility index (Phi) is 11.6. The summed E-state index contributed by atoms with van der Waals surface area (Å²) in [6.45, 7) is 2.78. The van der Waals surface area contributed by atoms with Crippen molar-refractivity contribution in [2.75, 3.05) is 13.2 Å². The monoisotopic (exact) mass is 614 g/mol. The predicted molar refractivity (Wildman–Crippen MR) is 142 cm³/mol. The van der Waals surface area contributed by atoms with Gasteiger partial charge in [-0.3, -0.25) is 9.59 Å². The van der Waals surface area contributed by atoms with E-state index >= 15 is 0 Å². The van der Waals surface area contributed by atoms with Gasteiger partial charge in [-0.2, -0.15) is 8.78 Å². The molecule has 0 unspecified atom stereocenters. The second-order valence-electron chi connectivity index (χ2n) is 8.79. The van der Waals surface area contributed by atoms with E-state index in [-0.39, 0.29) is 26.1 Å². The lowest BCUT2D eigenvalue weighted by Crippen LogP contribution is -2.47. The Morgan fingerprint density at radius 1 is 0.667 bits per heavy atom. The van der Waals surface area contributed by atoms with Crippen molar-refractivity contribution in [2.45, 2.75) is 38.8 Å². The minimum atomic E-state index is -5.13. The molecule has 0 aromatic heterocycles. The van der Waals surface area contributed by atoms with Crippen molar-refractivity contribution in [2.24, 2.45) is 0 Å². The lowest BCUT2D eigenvalue weighted by atomic mass is 10.1. The normalized spacial score (nSPS) is 12.8. The fourth-order valence-electron chi connectivity index (χ4n) is 3.84. The van der Waals surface area contributed by atoms with Crippen molar-refractivity contribution in [3.63, 3.8) is 0 Å². The zero-order chi connectivity index (χ0) is 30.9. The van der Waals surface area contributed by atoms with Crippen molar-refractivity contribution in [1.82, 2.24) is 10.2 Å². The molecular formula is C28H28F5N2O6P. The van der Waals surface area contributed by atoms with Crippen LogP contribution in [-0.2, 0) is 36.5 Å². The standard InChI is InChI=1S/C28H28F5N2O6P/c1-3-39-27(36)19(15-17-11-7-5-8-12-17)34-42(38,41-26-24(32)22(30)21(29)23(31)25(26)33)35-20(28(37)40-4-2)16-18-13-9-6-10-14-18/h5-14,19-20H,3-4,15-16H2,1-2H3,(H2,34,35,38)/t19-,20-/m0/s1. The Morgan fingerprint density at radius 3 is 1.38 bits per heavy atom. The number of carbonyl (C=O) groups is 2. The van der Waals surface area contributed by atoms with Crippen molar-refractivity contribution in [3.05, 3.63) is 101 Å². The van der Waals surface area contributed by atoms with Gasteiger partial charge in [-0.1, -0.05) is 60.7 Å². The van der Waals surface area contributed by atoms with E-state index in [9.17, 15) is 36.1 Å². The van der Waals surface area contributed by atoms with Gasteiger partial charge in [0.15, 0.2) is 0 Å². The van der Waals surface area contributed by atoms with Crippen LogP contribution >= 0.6 is 7.67 Å². The third-order valence-corrected chi connectivity index (χ3v) is 7.49. The third-order valence-electron chi connectivity index (χ3n) is 5.75. The molecule has 226 valence electrons. The fraction of sp³-hybridized carbons (Fsp3) is 0.286. The first-order chi connectivity index (χ1) is 20.0. The number of benzene rings is 3. The molecule has 3 aromatic carbocycles. The largest absolute Gasteiger partial charge is 0.465 e. The summed E-state index contributed by atoms with van der Waals surface area (Å²) in [5, 5.41) is 4.60. The molecule has 0 amide bonds. The summed E-state index contributed by atoms with van der Waals surface area (Å²) in [5.74, 6) is -15.8. The minimum Gasteiger partial charge on any atom is -0.465 e. The number of halogens is 5. The van der Waals surface area contributed by atoms with Crippen molar-refractivity contribution < 1.29 is 50.1 Å². The molecule has 3 aromatic rings. The van der Waals surface area contributed by atoms with Gasteiger partial charge in [-0.15, -0.1) is 0 Å². The molecular weight excluding hydrogens is 586 g/mol. The lowest BCUT2D eigenvalue weighted by molar-refractivity contribution is -0.145. The maximum Gasteiger partial charge on any atom is 0.392 e. The minimum absolute atomic E-state index is 0.110. The highest BCUT2D eigenvalue weighted by Gasteiger charge is 2.40. The van der Waals surface area contributed by atoms with Gasteiger partial charge in [-0.25, -0.2) is 27.9 Å². The Morgan fingerprint density at radius 2 is 1.02 bits per heavy atom. The van der Waals surface area contributed by atoms with Gasteiger partial charge in [0.1, 0.15) is 12.1 Å². The van der Waals surface area contributed by atoms with Crippen molar-refractivity contribution >= 4 is 19.6 Å². The summed E-state index contributed by atoms with van der Waals surface area (Å²) < 4.78 is 100. The number of ether oxygens (including phenoxy) is 2. The molecule has 2 N–H and O–H groups in total. The summed E-state index contributed by atoms with van der Waals surface area (Å²) >= 11 is 0. The molecule has 8 nitrogen and oxygen atoms in total. The Hall–Kier alpha value is -3.80. The molecule has 0 heterocycles. The molecule has 3 rings (SSSR count). The summed E-state index contributed by atoms with van der Waals surface area (Å²) in [6, 6.07) is 13.4. The average molecular weight is 615 g/mol.